The van der Waals surface area contributed by atoms with Gasteiger partial charge in [-0.1, -0.05) is 20.4 Å². The van der Waals surface area contributed by atoms with Gasteiger partial charge in [0.05, 0.1) is 39.6 Å². The van der Waals surface area contributed by atoms with Crippen LogP contribution in [0.5, 0.6) is 0 Å². The summed E-state index contributed by atoms with van der Waals surface area (Å²) in [7, 11) is 0. The lowest BCUT2D eigenvalue weighted by Crippen LogP contribution is -2.25. The topological polar surface area (TPSA) is 80.8 Å². The number of ether oxygens (including phenoxy) is 4. The van der Waals surface area contributed by atoms with Crippen LogP contribution in [0.4, 0.5) is 0 Å². The molecular formula is C15H26O6. The van der Waals surface area contributed by atoms with E-state index in [9.17, 15) is 4.79 Å². The Bertz CT molecular complexity index is 332. The van der Waals surface area contributed by atoms with Gasteiger partial charge >= 0.3 is 5.97 Å². The number of epoxide rings is 2. The minimum atomic E-state index is -0.406. The van der Waals surface area contributed by atoms with E-state index < -0.39 is 5.97 Å². The molecule has 2 rings (SSSR count). The third-order valence-corrected chi connectivity index (χ3v) is 2.78. The highest BCUT2D eigenvalue weighted by Gasteiger charge is 2.26. The maximum absolute atomic E-state index is 10.9. The van der Waals surface area contributed by atoms with Crippen molar-refractivity contribution in [3.8, 4) is 0 Å². The molecule has 2 fully saturated rings. The summed E-state index contributed by atoms with van der Waals surface area (Å²) in [5, 5.41) is 8.83. The third-order valence-electron chi connectivity index (χ3n) is 2.78. The monoisotopic (exact) mass is 302 g/mol. The maximum Gasteiger partial charge on any atom is 0.333 e. The van der Waals surface area contributed by atoms with Gasteiger partial charge < -0.3 is 24.1 Å². The first-order valence-electron chi connectivity index (χ1n) is 7.08. The summed E-state index contributed by atoms with van der Waals surface area (Å²) in [6.07, 6.45) is 0.785. The van der Waals surface area contributed by atoms with Gasteiger partial charge in [-0.15, -0.1) is 0 Å². The number of aliphatic hydroxyl groups is 1. The average Bonchev–Trinajstić information content (AvgIpc) is 3.31. The van der Waals surface area contributed by atoms with E-state index in [4.69, 9.17) is 24.1 Å². The van der Waals surface area contributed by atoms with E-state index >= 15 is 0 Å². The number of rotatable bonds is 8. The van der Waals surface area contributed by atoms with Gasteiger partial charge in [-0.25, -0.2) is 4.79 Å². The minimum absolute atomic E-state index is 0.00350. The van der Waals surface area contributed by atoms with E-state index in [1.54, 1.807) is 6.92 Å². The lowest BCUT2D eigenvalue weighted by Gasteiger charge is -2.20. The van der Waals surface area contributed by atoms with E-state index in [-0.39, 0.29) is 18.6 Å². The van der Waals surface area contributed by atoms with Crippen molar-refractivity contribution in [2.24, 2.45) is 5.41 Å². The first kappa shape index (κ1) is 18.1. The van der Waals surface area contributed by atoms with Gasteiger partial charge in [-0.2, -0.15) is 0 Å². The second-order valence-corrected chi connectivity index (χ2v) is 6.13. The number of carbonyl (C=O) groups excluding carboxylic acids is 1. The lowest BCUT2D eigenvalue weighted by atomic mass is 9.97. The molecule has 0 saturated carbocycles. The Morgan fingerprint density at radius 3 is 2.10 bits per heavy atom. The van der Waals surface area contributed by atoms with Gasteiger partial charge in [-0.05, 0) is 6.92 Å². The van der Waals surface area contributed by atoms with Crippen molar-refractivity contribution in [3.63, 3.8) is 0 Å². The summed E-state index contributed by atoms with van der Waals surface area (Å²) in [4.78, 5) is 10.9. The van der Waals surface area contributed by atoms with Crippen LogP contribution in [0, 0.1) is 5.41 Å². The van der Waals surface area contributed by atoms with Crippen molar-refractivity contribution in [3.05, 3.63) is 12.2 Å². The molecule has 0 amide bonds. The van der Waals surface area contributed by atoms with Crippen molar-refractivity contribution in [2.75, 3.05) is 39.6 Å². The molecule has 1 N–H and O–H groups in total. The maximum atomic E-state index is 10.9. The zero-order valence-electron chi connectivity index (χ0n) is 13.1. The second kappa shape index (κ2) is 8.48. The fourth-order valence-corrected chi connectivity index (χ4v) is 1.09. The van der Waals surface area contributed by atoms with Crippen LogP contribution in [0.25, 0.3) is 0 Å². The number of carbonyl (C=O) groups is 1. The molecular weight excluding hydrogens is 276 g/mol. The van der Waals surface area contributed by atoms with E-state index in [1.165, 1.54) is 0 Å². The first-order chi connectivity index (χ1) is 9.84. The quantitative estimate of drug-likeness (QED) is 0.408. The van der Waals surface area contributed by atoms with Crippen LogP contribution in [0.15, 0.2) is 12.2 Å². The van der Waals surface area contributed by atoms with Crippen molar-refractivity contribution in [1.82, 2.24) is 0 Å². The number of hydrogen-bond donors (Lipinski definition) is 1. The molecule has 0 spiro atoms. The van der Waals surface area contributed by atoms with Crippen LogP contribution in [-0.4, -0.2) is 62.9 Å². The van der Waals surface area contributed by atoms with Crippen LogP contribution >= 0.6 is 0 Å². The average molecular weight is 302 g/mol. The van der Waals surface area contributed by atoms with Crippen LogP contribution in [0.3, 0.4) is 0 Å². The minimum Gasteiger partial charge on any atom is -0.462 e. The Hall–Kier alpha value is -0.950. The smallest absolute Gasteiger partial charge is 0.333 e. The summed E-state index contributed by atoms with van der Waals surface area (Å²) in [5.74, 6) is -0.406. The summed E-state index contributed by atoms with van der Waals surface area (Å²) in [6, 6.07) is 0. The van der Waals surface area contributed by atoms with Crippen LogP contribution in [-0.2, 0) is 23.7 Å². The van der Waals surface area contributed by atoms with Crippen molar-refractivity contribution < 1.29 is 28.8 Å². The van der Waals surface area contributed by atoms with Crippen LogP contribution in [0.1, 0.15) is 20.8 Å². The molecule has 2 aliphatic rings. The highest BCUT2D eigenvalue weighted by atomic mass is 16.6. The third kappa shape index (κ3) is 9.57. The van der Waals surface area contributed by atoms with Crippen molar-refractivity contribution >= 4 is 5.97 Å². The number of esters is 1. The van der Waals surface area contributed by atoms with Gasteiger partial charge in [-0.3, -0.25) is 0 Å². The van der Waals surface area contributed by atoms with E-state index in [2.05, 4.69) is 6.58 Å². The van der Waals surface area contributed by atoms with Gasteiger partial charge in [0.2, 0.25) is 0 Å². The molecule has 21 heavy (non-hydrogen) atoms. The van der Waals surface area contributed by atoms with Gasteiger partial charge in [0.15, 0.2) is 0 Å². The normalized spacial score (nSPS) is 22.9. The standard InChI is InChI=1S/C9H16O3.C6H10O3/c1-7(2)8(11)12-6-9(3,4)5-10;1(5-3-8-5)7-2-6-4-9-6/h10H,1,5-6H2,2-4H3;5-6H,1-4H2. The molecule has 2 unspecified atom stereocenters. The molecule has 0 aromatic heterocycles. The molecule has 6 nitrogen and oxygen atoms in total. The molecule has 2 aliphatic heterocycles. The van der Waals surface area contributed by atoms with E-state index in [1.807, 2.05) is 13.8 Å². The largest absolute Gasteiger partial charge is 0.462 e. The fraction of sp³-hybridized carbons (Fsp3) is 0.800. The molecule has 2 heterocycles. The summed E-state index contributed by atoms with van der Waals surface area (Å²) in [5.41, 5.74) is 0.00853. The fourth-order valence-electron chi connectivity index (χ4n) is 1.09. The molecule has 0 aromatic rings. The van der Waals surface area contributed by atoms with Gasteiger partial charge in [0.25, 0.3) is 0 Å². The lowest BCUT2D eigenvalue weighted by molar-refractivity contribution is -0.142. The molecule has 0 bridgehead atoms. The predicted molar refractivity (Wildman–Crippen MR) is 76.9 cm³/mol. The van der Waals surface area contributed by atoms with Crippen molar-refractivity contribution in [1.29, 1.82) is 0 Å². The Labute approximate surface area is 126 Å². The van der Waals surface area contributed by atoms with Crippen molar-refractivity contribution in [2.45, 2.75) is 33.0 Å². The van der Waals surface area contributed by atoms with Gasteiger partial charge in [0, 0.05) is 11.0 Å². The molecule has 0 radical (unpaired) electrons. The Balaban J connectivity index is 0.000000216. The molecule has 6 heteroatoms. The summed E-state index contributed by atoms with van der Waals surface area (Å²) in [6.45, 7) is 12.1. The highest BCUT2D eigenvalue weighted by molar-refractivity contribution is 5.86. The molecule has 0 aromatic carbocycles. The first-order valence-corrected chi connectivity index (χ1v) is 7.08. The van der Waals surface area contributed by atoms with E-state index in [0.717, 1.165) is 26.4 Å². The Morgan fingerprint density at radius 2 is 1.76 bits per heavy atom. The molecule has 2 atom stereocenters. The van der Waals surface area contributed by atoms with Crippen LogP contribution in [0.2, 0.25) is 0 Å². The molecule has 2 saturated heterocycles. The second-order valence-electron chi connectivity index (χ2n) is 6.13. The summed E-state index contributed by atoms with van der Waals surface area (Å²) < 4.78 is 20.0. The zero-order valence-corrected chi connectivity index (χ0v) is 13.1. The number of hydrogen-bond acceptors (Lipinski definition) is 6. The number of aliphatic hydroxyl groups excluding tert-OH is 1. The van der Waals surface area contributed by atoms with Crippen LogP contribution < -0.4 is 0 Å². The molecule has 0 aliphatic carbocycles. The van der Waals surface area contributed by atoms with Gasteiger partial charge in [0.1, 0.15) is 12.2 Å². The Morgan fingerprint density at radius 1 is 1.29 bits per heavy atom. The predicted octanol–water partition coefficient (Wildman–Crippen LogP) is 0.925. The molecule has 122 valence electrons. The van der Waals surface area contributed by atoms with E-state index in [0.29, 0.717) is 17.8 Å². The Kier molecular flexibility index (Phi) is 7.31. The zero-order chi connectivity index (χ0) is 15.9. The summed E-state index contributed by atoms with van der Waals surface area (Å²) >= 11 is 0. The highest BCUT2D eigenvalue weighted by Crippen LogP contribution is 2.14. The SMILES string of the molecule is C(OCC1CO1)C1CO1.C=C(C)C(=O)OCC(C)(C)CO.